The van der Waals surface area contributed by atoms with Gasteiger partial charge in [0.05, 0.1) is 35.5 Å². The van der Waals surface area contributed by atoms with Gasteiger partial charge in [0.2, 0.25) is 0 Å². The van der Waals surface area contributed by atoms with Crippen molar-refractivity contribution in [3.05, 3.63) is 47.3 Å². The summed E-state index contributed by atoms with van der Waals surface area (Å²) in [6.07, 6.45) is 1.63. The molecule has 8 nitrogen and oxygen atoms in total. The Labute approximate surface area is 176 Å². The summed E-state index contributed by atoms with van der Waals surface area (Å²) in [5, 5.41) is 11.8. The molecule has 1 aromatic carbocycles. The highest BCUT2D eigenvalue weighted by Crippen LogP contribution is 2.31. The topological polar surface area (TPSA) is 84.3 Å². The number of carbonyl (C=O) groups excluding carboxylic acids is 1. The molecule has 0 bridgehead atoms. The highest BCUT2D eigenvalue weighted by Gasteiger charge is 2.20. The minimum atomic E-state index is -0.143. The molecule has 0 atom stereocenters. The quantitative estimate of drug-likeness (QED) is 0.652. The molecule has 0 unspecified atom stereocenters. The molecule has 8 heteroatoms. The first-order chi connectivity index (χ1) is 14.5. The molecule has 30 heavy (non-hydrogen) atoms. The van der Waals surface area contributed by atoms with E-state index in [1.54, 1.807) is 10.9 Å². The molecule has 4 rings (SSSR count). The number of aryl methyl sites for hydroxylation is 3. The van der Waals surface area contributed by atoms with E-state index in [0.29, 0.717) is 12.1 Å². The predicted molar refractivity (Wildman–Crippen MR) is 117 cm³/mol. The lowest BCUT2D eigenvalue weighted by Gasteiger charge is -2.26. The molecule has 1 saturated heterocycles. The number of morpholine rings is 1. The maximum absolute atomic E-state index is 13.1. The van der Waals surface area contributed by atoms with Gasteiger partial charge in [0.15, 0.2) is 5.65 Å². The SMILES string of the molecule is Cc1ccc(Nc2c(C(=O)NCCN3CCOCC3)cnc3c2c(C)nn3C)cc1. The van der Waals surface area contributed by atoms with Crippen molar-refractivity contribution in [3.8, 4) is 0 Å². The van der Waals surface area contributed by atoms with Gasteiger partial charge in [-0.05, 0) is 26.0 Å². The zero-order valence-electron chi connectivity index (χ0n) is 17.7. The zero-order valence-corrected chi connectivity index (χ0v) is 17.7. The molecule has 0 aliphatic carbocycles. The predicted octanol–water partition coefficient (Wildman–Crippen LogP) is 2.39. The minimum absolute atomic E-state index is 0.143. The van der Waals surface area contributed by atoms with Gasteiger partial charge >= 0.3 is 0 Å². The zero-order chi connectivity index (χ0) is 21.1. The molecular formula is C22H28N6O2. The Morgan fingerprint density at radius 1 is 1.17 bits per heavy atom. The van der Waals surface area contributed by atoms with Gasteiger partial charge in [-0.15, -0.1) is 0 Å². The van der Waals surface area contributed by atoms with E-state index in [-0.39, 0.29) is 5.91 Å². The summed E-state index contributed by atoms with van der Waals surface area (Å²) in [4.78, 5) is 19.9. The first-order valence-corrected chi connectivity index (χ1v) is 10.3. The van der Waals surface area contributed by atoms with Crippen LogP contribution in [0.15, 0.2) is 30.5 Å². The fourth-order valence-corrected chi connectivity index (χ4v) is 3.74. The van der Waals surface area contributed by atoms with Crippen molar-refractivity contribution in [1.29, 1.82) is 0 Å². The van der Waals surface area contributed by atoms with Gasteiger partial charge in [-0.3, -0.25) is 14.4 Å². The summed E-state index contributed by atoms with van der Waals surface area (Å²) < 4.78 is 7.12. The molecule has 0 spiro atoms. The van der Waals surface area contributed by atoms with E-state index in [0.717, 1.165) is 61.0 Å². The number of fused-ring (bicyclic) bond motifs is 1. The molecule has 2 aromatic heterocycles. The largest absolute Gasteiger partial charge is 0.379 e. The third-order valence-corrected chi connectivity index (χ3v) is 5.41. The summed E-state index contributed by atoms with van der Waals surface area (Å²) in [6, 6.07) is 8.10. The Kier molecular flexibility index (Phi) is 5.96. The van der Waals surface area contributed by atoms with Crippen LogP contribution in [-0.2, 0) is 11.8 Å². The lowest BCUT2D eigenvalue weighted by molar-refractivity contribution is 0.0383. The van der Waals surface area contributed by atoms with Crippen LogP contribution < -0.4 is 10.6 Å². The van der Waals surface area contributed by atoms with Crippen molar-refractivity contribution in [1.82, 2.24) is 25.0 Å². The average Bonchev–Trinajstić information content (AvgIpc) is 3.04. The summed E-state index contributed by atoms with van der Waals surface area (Å²) in [6.45, 7) is 8.66. The van der Waals surface area contributed by atoms with Crippen LogP contribution in [0.4, 0.5) is 11.4 Å². The number of benzene rings is 1. The molecule has 2 N–H and O–H groups in total. The lowest BCUT2D eigenvalue weighted by atomic mass is 10.1. The number of pyridine rings is 1. The van der Waals surface area contributed by atoms with Crippen LogP contribution in [0.1, 0.15) is 21.6 Å². The van der Waals surface area contributed by atoms with Crippen molar-refractivity contribution in [2.24, 2.45) is 7.05 Å². The van der Waals surface area contributed by atoms with Gasteiger partial charge in [-0.25, -0.2) is 4.98 Å². The molecule has 1 aliphatic heterocycles. The van der Waals surface area contributed by atoms with Gasteiger partial charge in [-0.1, -0.05) is 17.7 Å². The first-order valence-electron chi connectivity index (χ1n) is 10.3. The van der Waals surface area contributed by atoms with Crippen molar-refractivity contribution < 1.29 is 9.53 Å². The second-order valence-electron chi connectivity index (χ2n) is 7.66. The van der Waals surface area contributed by atoms with Crippen LogP contribution in [0, 0.1) is 13.8 Å². The number of anilines is 2. The van der Waals surface area contributed by atoms with E-state index in [2.05, 4.69) is 25.6 Å². The van der Waals surface area contributed by atoms with Crippen molar-refractivity contribution in [2.75, 3.05) is 44.7 Å². The fourth-order valence-electron chi connectivity index (χ4n) is 3.74. The maximum Gasteiger partial charge on any atom is 0.255 e. The molecule has 158 valence electrons. The van der Waals surface area contributed by atoms with Gasteiger partial charge < -0.3 is 15.4 Å². The van der Waals surface area contributed by atoms with Crippen LogP contribution in [0.2, 0.25) is 0 Å². The van der Waals surface area contributed by atoms with Crippen molar-refractivity contribution in [3.63, 3.8) is 0 Å². The number of carbonyl (C=O) groups is 1. The molecule has 3 heterocycles. The summed E-state index contributed by atoms with van der Waals surface area (Å²) in [5.41, 5.74) is 4.92. The Morgan fingerprint density at radius 2 is 1.90 bits per heavy atom. The van der Waals surface area contributed by atoms with E-state index >= 15 is 0 Å². The second-order valence-corrected chi connectivity index (χ2v) is 7.66. The molecule has 1 amide bonds. The number of rotatable bonds is 6. The van der Waals surface area contributed by atoms with E-state index in [4.69, 9.17) is 4.74 Å². The van der Waals surface area contributed by atoms with Crippen molar-refractivity contribution in [2.45, 2.75) is 13.8 Å². The molecule has 1 fully saturated rings. The molecule has 1 aliphatic rings. The normalized spacial score (nSPS) is 14.8. The Hall–Kier alpha value is -2.97. The number of hydrogen-bond acceptors (Lipinski definition) is 6. The highest BCUT2D eigenvalue weighted by molar-refractivity contribution is 6.08. The van der Waals surface area contributed by atoms with Crippen LogP contribution in [0.3, 0.4) is 0 Å². The summed E-state index contributed by atoms with van der Waals surface area (Å²) in [7, 11) is 1.86. The minimum Gasteiger partial charge on any atom is -0.379 e. The molecule has 0 radical (unpaired) electrons. The monoisotopic (exact) mass is 408 g/mol. The van der Waals surface area contributed by atoms with Crippen LogP contribution in [-0.4, -0.2) is 65.0 Å². The number of aromatic nitrogens is 3. The molecule has 3 aromatic rings. The lowest BCUT2D eigenvalue weighted by Crippen LogP contribution is -2.41. The van der Waals surface area contributed by atoms with Crippen LogP contribution >= 0.6 is 0 Å². The third-order valence-electron chi connectivity index (χ3n) is 5.41. The standard InChI is InChI=1S/C22H28N6O2/c1-15-4-6-17(7-5-15)25-20-18(14-24-21-19(20)16(2)26-27(21)3)22(29)23-8-9-28-10-12-30-13-11-28/h4-7,14H,8-13H2,1-3H3,(H,23,29)(H,24,25). The fraction of sp³-hybridized carbons (Fsp3) is 0.409. The van der Waals surface area contributed by atoms with E-state index in [1.807, 2.05) is 45.2 Å². The van der Waals surface area contributed by atoms with E-state index in [9.17, 15) is 4.79 Å². The molecular weight excluding hydrogens is 380 g/mol. The van der Waals surface area contributed by atoms with E-state index < -0.39 is 0 Å². The van der Waals surface area contributed by atoms with E-state index in [1.165, 1.54) is 5.56 Å². The van der Waals surface area contributed by atoms with Crippen molar-refractivity contribution >= 4 is 28.3 Å². The second kappa shape index (κ2) is 8.81. The van der Waals surface area contributed by atoms with Gasteiger partial charge in [-0.2, -0.15) is 5.10 Å². The number of ether oxygens (including phenoxy) is 1. The smallest absolute Gasteiger partial charge is 0.255 e. The molecule has 0 saturated carbocycles. The number of amides is 1. The van der Waals surface area contributed by atoms with Gasteiger partial charge in [0.1, 0.15) is 0 Å². The summed E-state index contributed by atoms with van der Waals surface area (Å²) >= 11 is 0. The number of hydrogen-bond donors (Lipinski definition) is 2. The summed E-state index contributed by atoms with van der Waals surface area (Å²) in [5.74, 6) is -0.143. The first kappa shape index (κ1) is 20.3. The number of nitrogens with one attached hydrogen (secondary N) is 2. The van der Waals surface area contributed by atoms with Gasteiger partial charge in [0.25, 0.3) is 5.91 Å². The van der Waals surface area contributed by atoms with Crippen LogP contribution in [0.5, 0.6) is 0 Å². The Bertz CT molecular complexity index is 1040. The average molecular weight is 409 g/mol. The third kappa shape index (κ3) is 4.29. The Balaban J connectivity index is 1.60. The van der Waals surface area contributed by atoms with Crippen LogP contribution in [0.25, 0.3) is 11.0 Å². The maximum atomic E-state index is 13.1. The Morgan fingerprint density at radius 3 is 2.63 bits per heavy atom. The van der Waals surface area contributed by atoms with Gasteiger partial charge in [0, 0.05) is 45.1 Å². The number of nitrogens with zero attached hydrogens (tertiary/aromatic N) is 4. The highest BCUT2D eigenvalue weighted by atomic mass is 16.5.